The Bertz CT molecular complexity index is 892. The Labute approximate surface area is 186 Å². The second-order valence-corrected chi connectivity index (χ2v) is 8.32. The minimum atomic E-state index is -0.620. The number of ether oxygens (including phenoxy) is 3. The second kappa shape index (κ2) is 10.00. The summed E-state index contributed by atoms with van der Waals surface area (Å²) in [6, 6.07) is 4.40. The molecule has 1 aromatic heterocycles. The van der Waals surface area contributed by atoms with Gasteiger partial charge in [0.25, 0.3) is 5.91 Å². The maximum absolute atomic E-state index is 13.7. The van der Waals surface area contributed by atoms with E-state index in [9.17, 15) is 9.59 Å². The predicted octanol–water partition coefficient (Wildman–Crippen LogP) is 3.48. The van der Waals surface area contributed by atoms with Crippen LogP contribution in [-0.4, -0.2) is 55.9 Å². The van der Waals surface area contributed by atoms with E-state index in [1.807, 2.05) is 19.9 Å². The Morgan fingerprint density at radius 1 is 1.23 bits per heavy atom. The monoisotopic (exact) mass is 448 g/mol. The van der Waals surface area contributed by atoms with Crippen molar-refractivity contribution in [3.63, 3.8) is 0 Å². The molecule has 0 saturated carbocycles. The molecule has 168 valence electrons. The van der Waals surface area contributed by atoms with Crippen LogP contribution in [0.4, 0.5) is 0 Å². The molecule has 2 aromatic rings. The molecule has 1 fully saturated rings. The van der Waals surface area contributed by atoms with E-state index in [0.29, 0.717) is 28.6 Å². The van der Waals surface area contributed by atoms with Crippen molar-refractivity contribution < 1.29 is 28.2 Å². The van der Waals surface area contributed by atoms with Gasteiger partial charge in [-0.3, -0.25) is 9.59 Å². The Hall–Kier alpha value is -2.81. The molecule has 1 saturated heterocycles. The lowest BCUT2D eigenvalue weighted by Crippen LogP contribution is -2.49. The molecule has 1 N–H and O–H groups in total. The van der Waals surface area contributed by atoms with Crippen molar-refractivity contribution >= 4 is 23.6 Å². The zero-order chi connectivity index (χ0) is 22.5. The van der Waals surface area contributed by atoms with Gasteiger partial charge in [-0.1, -0.05) is 6.92 Å². The molecule has 0 bridgehead atoms. The van der Waals surface area contributed by atoms with Gasteiger partial charge in [0.15, 0.2) is 11.5 Å². The van der Waals surface area contributed by atoms with Gasteiger partial charge >= 0.3 is 0 Å². The van der Waals surface area contributed by atoms with Crippen LogP contribution in [0.25, 0.3) is 0 Å². The largest absolute Gasteiger partial charge is 0.493 e. The number of benzene rings is 1. The van der Waals surface area contributed by atoms with Gasteiger partial charge in [0.05, 0.1) is 33.9 Å². The number of nitrogens with one attached hydrogen (secondary N) is 1. The number of thioether (sulfide) groups is 1. The van der Waals surface area contributed by atoms with E-state index in [1.165, 1.54) is 33.1 Å². The van der Waals surface area contributed by atoms with Gasteiger partial charge in [0.1, 0.15) is 11.4 Å². The van der Waals surface area contributed by atoms with Crippen molar-refractivity contribution in [3.8, 4) is 17.2 Å². The van der Waals surface area contributed by atoms with Gasteiger partial charge in [-0.2, -0.15) is 0 Å². The number of furan rings is 1. The molecule has 1 aromatic carbocycles. The standard InChI is InChI=1S/C22H28N2O6S/c1-6-13(2)23-20(25)16-12-31-22(14-7-8-30-11-14)24(16)21(26)15-9-17(27-3)19(29-5)18(10-15)28-4/h7-11,13,16,22H,6,12H2,1-5H3,(H,23,25). The molecule has 1 aliphatic rings. The molecule has 0 radical (unpaired) electrons. The van der Waals surface area contributed by atoms with Crippen LogP contribution in [0.2, 0.25) is 0 Å². The van der Waals surface area contributed by atoms with E-state index in [0.717, 1.165) is 12.0 Å². The summed E-state index contributed by atoms with van der Waals surface area (Å²) >= 11 is 1.53. The van der Waals surface area contributed by atoms with E-state index in [2.05, 4.69) is 5.32 Å². The first kappa shape index (κ1) is 22.9. The number of hydrogen-bond acceptors (Lipinski definition) is 7. The summed E-state index contributed by atoms with van der Waals surface area (Å²) in [5.74, 6) is 1.15. The second-order valence-electron chi connectivity index (χ2n) is 7.20. The SMILES string of the molecule is CCC(C)NC(=O)C1CSC(c2ccoc2)N1C(=O)c1cc(OC)c(OC)c(OC)c1. The number of carbonyl (C=O) groups is 2. The average molecular weight is 449 g/mol. The molecule has 3 rings (SSSR count). The maximum Gasteiger partial charge on any atom is 0.256 e. The van der Waals surface area contributed by atoms with Crippen LogP contribution >= 0.6 is 11.8 Å². The first-order valence-corrected chi connectivity index (χ1v) is 11.1. The van der Waals surface area contributed by atoms with E-state index in [4.69, 9.17) is 18.6 Å². The van der Waals surface area contributed by atoms with Crippen LogP contribution < -0.4 is 19.5 Å². The molecule has 2 heterocycles. The summed E-state index contributed by atoms with van der Waals surface area (Å²) in [6.07, 6.45) is 3.96. The summed E-state index contributed by atoms with van der Waals surface area (Å²) in [6.45, 7) is 3.94. The van der Waals surface area contributed by atoms with Crippen LogP contribution in [0.3, 0.4) is 0 Å². The van der Waals surface area contributed by atoms with Crippen molar-refractivity contribution in [2.45, 2.75) is 37.7 Å². The highest BCUT2D eigenvalue weighted by Gasteiger charge is 2.43. The lowest BCUT2D eigenvalue weighted by atomic mass is 10.1. The first-order chi connectivity index (χ1) is 14.9. The van der Waals surface area contributed by atoms with E-state index >= 15 is 0 Å². The fourth-order valence-electron chi connectivity index (χ4n) is 3.42. The van der Waals surface area contributed by atoms with Crippen molar-refractivity contribution in [2.24, 2.45) is 0 Å². The minimum absolute atomic E-state index is 0.0172. The van der Waals surface area contributed by atoms with Gasteiger partial charge in [-0.15, -0.1) is 11.8 Å². The van der Waals surface area contributed by atoms with E-state index < -0.39 is 6.04 Å². The molecule has 0 spiro atoms. The summed E-state index contributed by atoms with van der Waals surface area (Å²) in [5.41, 5.74) is 1.16. The lowest BCUT2D eigenvalue weighted by molar-refractivity contribution is -0.125. The van der Waals surface area contributed by atoms with Crippen LogP contribution in [0.1, 0.15) is 41.6 Å². The van der Waals surface area contributed by atoms with Gasteiger partial charge < -0.3 is 28.8 Å². The summed E-state index contributed by atoms with van der Waals surface area (Å²) in [7, 11) is 4.49. The number of amides is 2. The number of nitrogens with zero attached hydrogens (tertiary/aromatic N) is 1. The van der Waals surface area contributed by atoms with Crippen LogP contribution in [-0.2, 0) is 4.79 Å². The third-order valence-electron chi connectivity index (χ3n) is 5.28. The number of hydrogen-bond donors (Lipinski definition) is 1. The molecule has 3 unspecified atom stereocenters. The van der Waals surface area contributed by atoms with Crippen molar-refractivity contribution in [1.82, 2.24) is 10.2 Å². The number of carbonyl (C=O) groups excluding carboxylic acids is 2. The molecule has 2 amide bonds. The zero-order valence-corrected chi connectivity index (χ0v) is 19.2. The average Bonchev–Trinajstić information content (AvgIpc) is 3.46. The minimum Gasteiger partial charge on any atom is -0.493 e. The van der Waals surface area contributed by atoms with Crippen LogP contribution in [0, 0.1) is 0 Å². The highest BCUT2D eigenvalue weighted by molar-refractivity contribution is 7.99. The van der Waals surface area contributed by atoms with Gasteiger partial charge in [-0.25, -0.2) is 0 Å². The topological polar surface area (TPSA) is 90.2 Å². The zero-order valence-electron chi connectivity index (χ0n) is 18.3. The van der Waals surface area contributed by atoms with Gasteiger partial charge in [-0.05, 0) is 31.5 Å². The van der Waals surface area contributed by atoms with E-state index in [-0.39, 0.29) is 23.2 Å². The van der Waals surface area contributed by atoms with Gasteiger partial charge in [0.2, 0.25) is 11.7 Å². The Morgan fingerprint density at radius 2 is 1.90 bits per heavy atom. The third-order valence-corrected chi connectivity index (χ3v) is 6.60. The predicted molar refractivity (Wildman–Crippen MR) is 118 cm³/mol. The van der Waals surface area contributed by atoms with Crippen LogP contribution in [0.5, 0.6) is 17.2 Å². The lowest BCUT2D eigenvalue weighted by Gasteiger charge is -2.29. The summed E-state index contributed by atoms with van der Waals surface area (Å²) in [4.78, 5) is 28.3. The maximum atomic E-state index is 13.7. The van der Waals surface area contributed by atoms with Crippen molar-refractivity contribution in [1.29, 1.82) is 0 Å². The smallest absolute Gasteiger partial charge is 0.256 e. The van der Waals surface area contributed by atoms with Gasteiger partial charge in [0, 0.05) is 22.9 Å². The molecule has 8 nitrogen and oxygen atoms in total. The fraction of sp³-hybridized carbons (Fsp3) is 0.455. The molecular formula is C22H28N2O6S. The molecule has 31 heavy (non-hydrogen) atoms. The Morgan fingerprint density at radius 3 is 2.42 bits per heavy atom. The Kier molecular flexibility index (Phi) is 7.37. The highest BCUT2D eigenvalue weighted by Crippen LogP contribution is 2.44. The summed E-state index contributed by atoms with van der Waals surface area (Å²) < 4.78 is 21.4. The number of methoxy groups -OCH3 is 3. The quantitative estimate of drug-likeness (QED) is 0.661. The number of rotatable bonds is 8. The first-order valence-electron chi connectivity index (χ1n) is 10.0. The van der Waals surface area contributed by atoms with Crippen LogP contribution in [0.15, 0.2) is 35.1 Å². The third kappa shape index (κ3) is 4.61. The van der Waals surface area contributed by atoms with Crippen molar-refractivity contribution in [2.75, 3.05) is 27.1 Å². The molecule has 3 atom stereocenters. The molecule has 9 heteroatoms. The van der Waals surface area contributed by atoms with Crippen molar-refractivity contribution in [3.05, 3.63) is 41.9 Å². The summed E-state index contributed by atoms with van der Waals surface area (Å²) in [5, 5.41) is 2.65. The molecule has 1 aliphatic heterocycles. The fourth-order valence-corrected chi connectivity index (χ4v) is 4.83. The normalized spacial score (nSPS) is 19.1. The highest BCUT2D eigenvalue weighted by atomic mass is 32.2. The molecular weight excluding hydrogens is 420 g/mol. The van der Waals surface area contributed by atoms with E-state index in [1.54, 1.807) is 29.6 Å². The Balaban J connectivity index is 2.01. The molecule has 0 aliphatic carbocycles.